The fourth-order valence-corrected chi connectivity index (χ4v) is 4.46. The molecule has 0 bridgehead atoms. The number of benzene rings is 1. The number of likely N-dealkylation sites (N-methyl/N-ethyl adjacent to an activating group) is 1. The third kappa shape index (κ3) is 2.86. The monoisotopic (exact) mass is 383 g/mol. The molecule has 0 amide bonds. The Labute approximate surface area is 162 Å². The van der Waals surface area contributed by atoms with Gasteiger partial charge in [0.15, 0.2) is 6.04 Å². The number of quaternary nitrogens is 1. The number of fused-ring (bicyclic) bond motifs is 3. The van der Waals surface area contributed by atoms with Crippen LogP contribution in [0.4, 0.5) is 0 Å². The lowest BCUT2D eigenvalue weighted by Gasteiger charge is -2.32. The Morgan fingerprint density at radius 3 is 2.75 bits per heavy atom. The first kappa shape index (κ1) is 18.6. The van der Waals surface area contributed by atoms with Crippen LogP contribution in [0.5, 0.6) is 5.88 Å². The highest BCUT2D eigenvalue weighted by molar-refractivity contribution is 5.85. The number of unbranched alkanes of at least 4 members (excludes halogenated alkanes) is 1. The Kier molecular flexibility index (Phi) is 4.85. The van der Waals surface area contributed by atoms with Gasteiger partial charge in [0.2, 0.25) is 5.88 Å². The average molecular weight is 383 g/mol. The van der Waals surface area contributed by atoms with E-state index in [0.717, 1.165) is 48.9 Å². The van der Waals surface area contributed by atoms with E-state index in [4.69, 9.17) is 0 Å². The quantitative estimate of drug-likeness (QED) is 0.531. The van der Waals surface area contributed by atoms with E-state index < -0.39 is 11.2 Å². The van der Waals surface area contributed by atoms with Crippen LogP contribution < -0.4 is 16.1 Å². The zero-order chi connectivity index (χ0) is 19.8. The van der Waals surface area contributed by atoms with E-state index in [-0.39, 0.29) is 17.5 Å². The second-order valence-corrected chi connectivity index (χ2v) is 7.51. The highest BCUT2D eigenvalue weighted by atomic mass is 16.3. The third-order valence-corrected chi connectivity index (χ3v) is 5.92. The van der Waals surface area contributed by atoms with E-state index in [0.29, 0.717) is 6.54 Å². The molecule has 0 saturated heterocycles. The van der Waals surface area contributed by atoms with Crippen LogP contribution in [-0.2, 0) is 13.0 Å². The minimum Gasteiger partial charge on any atom is -0.494 e. The van der Waals surface area contributed by atoms with Crippen LogP contribution in [0.15, 0.2) is 33.9 Å². The van der Waals surface area contributed by atoms with Crippen LogP contribution in [0.3, 0.4) is 0 Å². The summed E-state index contributed by atoms with van der Waals surface area (Å²) in [6.07, 6.45) is 2.56. The molecule has 0 saturated carbocycles. The number of nitrogens with zero attached hydrogens (tertiary/aromatic N) is 1. The molecule has 4 rings (SSSR count). The van der Waals surface area contributed by atoms with Crippen molar-refractivity contribution in [1.29, 1.82) is 0 Å². The lowest BCUT2D eigenvalue weighted by Crippen LogP contribution is -3.13. The summed E-state index contributed by atoms with van der Waals surface area (Å²) in [5, 5.41) is 12.1. The Balaban J connectivity index is 1.95. The van der Waals surface area contributed by atoms with Gasteiger partial charge in [0.05, 0.1) is 18.8 Å². The lowest BCUT2D eigenvalue weighted by atomic mass is 9.93. The number of aromatic nitrogens is 3. The molecule has 1 aliphatic heterocycles. The molecular formula is C21H27N4O3+. The van der Waals surface area contributed by atoms with Crippen molar-refractivity contribution in [2.24, 2.45) is 0 Å². The fraction of sp³-hybridized carbons (Fsp3) is 0.429. The van der Waals surface area contributed by atoms with Crippen LogP contribution in [0, 0.1) is 0 Å². The first-order chi connectivity index (χ1) is 13.6. The van der Waals surface area contributed by atoms with Crippen LogP contribution >= 0.6 is 0 Å². The van der Waals surface area contributed by atoms with E-state index in [1.165, 1.54) is 15.0 Å². The summed E-state index contributed by atoms with van der Waals surface area (Å²) >= 11 is 0. The number of aromatic amines is 2. The minimum absolute atomic E-state index is 0.204. The Morgan fingerprint density at radius 1 is 1.21 bits per heavy atom. The predicted molar refractivity (Wildman–Crippen MR) is 108 cm³/mol. The van der Waals surface area contributed by atoms with Crippen molar-refractivity contribution in [2.75, 3.05) is 13.1 Å². The molecule has 3 aromatic rings. The maximum absolute atomic E-state index is 12.8. The van der Waals surface area contributed by atoms with Crippen molar-refractivity contribution >= 4 is 10.9 Å². The van der Waals surface area contributed by atoms with Gasteiger partial charge >= 0.3 is 5.69 Å². The zero-order valence-corrected chi connectivity index (χ0v) is 16.3. The standard InChI is InChI=1S/C21H26N4O3/c1-3-5-11-25-20(27)16(19(26)23-21(25)28)18-17-14(10-12-24(18)4-2)13-8-6-7-9-15(13)22-17/h6-9,18,22,27H,3-5,10-12H2,1-2H3,(H,23,26,28)/p+1/t18-/m0/s1. The molecule has 0 spiro atoms. The predicted octanol–water partition coefficient (Wildman–Crippen LogP) is 1.07. The van der Waals surface area contributed by atoms with Gasteiger partial charge in [0.1, 0.15) is 5.56 Å². The minimum atomic E-state index is -0.551. The molecule has 1 aliphatic rings. The molecule has 1 aromatic carbocycles. The van der Waals surface area contributed by atoms with Crippen molar-refractivity contribution in [3.8, 4) is 5.88 Å². The van der Waals surface area contributed by atoms with Gasteiger partial charge in [0, 0.05) is 23.9 Å². The molecule has 0 aliphatic carbocycles. The van der Waals surface area contributed by atoms with Crippen molar-refractivity contribution in [3.05, 3.63) is 61.9 Å². The van der Waals surface area contributed by atoms with Crippen molar-refractivity contribution in [1.82, 2.24) is 14.5 Å². The second kappa shape index (κ2) is 7.31. The topological polar surface area (TPSA) is 95.3 Å². The van der Waals surface area contributed by atoms with Gasteiger partial charge in [-0.2, -0.15) is 0 Å². The largest absolute Gasteiger partial charge is 0.494 e. The van der Waals surface area contributed by atoms with Gasteiger partial charge < -0.3 is 15.0 Å². The van der Waals surface area contributed by atoms with E-state index in [1.54, 1.807) is 0 Å². The highest BCUT2D eigenvalue weighted by Gasteiger charge is 2.38. The number of nitrogens with one attached hydrogen (secondary N) is 3. The molecule has 3 heterocycles. The molecule has 2 aromatic heterocycles. The maximum Gasteiger partial charge on any atom is 0.331 e. The molecule has 2 atom stereocenters. The summed E-state index contributed by atoms with van der Waals surface area (Å²) in [4.78, 5) is 32.2. The van der Waals surface area contributed by atoms with Crippen LogP contribution in [-0.4, -0.2) is 32.7 Å². The first-order valence-corrected chi connectivity index (χ1v) is 10.1. The molecule has 1 unspecified atom stereocenters. The van der Waals surface area contributed by atoms with E-state index in [9.17, 15) is 14.7 Å². The van der Waals surface area contributed by atoms with Crippen molar-refractivity contribution in [3.63, 3.8) is 0 Å². The van der Waals surface area contributed by atoms with Gasteiger partial charge in [-0.05, 0) is 25.0 Å². The number of hydrogen-bond donors (Lipinski definition) is 4. The summed E-state index contributed by atoms with van der Waals surface area (Å²) in [6, 6.07) is 7.78. The number of aromatic hydroxyl groups is 1. The normalized spacial score (nSPS) is 19.1. The van der Waals surface area contributed by atoms with Crippen LogP contribution in [0.1, 0.15) is 49.6 Å². The first-order valence-electron chi connectivity index (χ1n) is 10.1. The second-order valence-electron chi connectivity index (χ2n) is 7.51. The van der Waals surface area contributed by atoms with Crippen LogP contribution in [0.2, 0.25) is 0 Å². The van der Waals surface area contributed by atoms with Crippen molar-refractivity contribution in [2.45, 2.75) is 45.7 Å². The Hall–Kier alpha value is -2.80. The van der Waals surface area contributed by atoms with Gasteiger partial charge in [-0.25, -0.2) is 4.79 Å². The highest BCUT2D eigenvalue weighted by Crippen LogP contribution is 2.32. The summed E-state index contributed by atoms with van der Waals surface area (Å²) in [5.41, 5.74) is 2.42. The SMILES string of the molecule is CCCCn1c(O)c([C@H]2c3[nH]c4ccccc4c3CC[NH+]2CC)c(=O)[nH]c1=O. The van der Waals surface area contributed by atoms with E-state index >= 15 is 0 Å². The van der Waals surface area contributed by atoms with Crippen LogP contribution in [0.25, 0.3) is 10.9 Å². The summed E-state index contributed by atoms with van der Waals surface area (Å²) < 4.78 is 1.30. The van der Waals surface area contributed by atoms with Gasteiger partial charge in [-0.1, -0.05) is 31.5 Å². The molecular weight excluding hydrogens is 356 g/mol. The van der Waals surface area contributed by atoms with Gasteiger partial charge in [-0.15, -0.1) is 0 Å². The Morgan fingerprint density at radius 2 is 2.00 bits per heavy atom. The zero-order valence-electron chi connectivity index (χ0n) is 16.3. The number of H-pyrrole nitrogens is 2. The van der Waals surface area contributed by atoms with Gasteiger partial charge in [-0.3, -0.25) is 14.3 Å². The van der Waals surface area contributed by atoms with Crippen molar-refractivity contribution < 1.29 is 10.0 Å². The van der Waals surface area contributed by atoms with E-state index in [2.05, 4.69) is 23.0 Å². The Bertz CT molecular complexity index is 1120. The van der Waals surface area contributed by atoms with Gasteiger partial charge in [0.25, 0.3) is 5.56 Å². The molecule has 7 heteroatoms. The van der Waals surface area contributed by atoms with E-state index in [1.807, 2.05) is 25.1 Å². The number of rotatable bonds is 5. The average Bonchev–Trinajstić information content (AvgIpc) is 3.06. The summed E-state index contributed by atoms with van der Waals surface area (Å²) in [5.74, 6) is -0.204. The smallest absolute Gasteiger partial charge is 0.331 e. The molecule has 4 N–H and O–H groups in total. The lowest BCUT2D eigenvalue weighted by molar-refractivity contribution is -0.926. The third-order valence-electron chi connectivity index (χ3n) is 5.92. The molecule has 28 heavy (non-hydrogen) atoms. The summed E-state index contributed by atoms with van der Waals surface area (Å²) in [7, 11) is 0. The molecule has 0 fully saturated rings. The fourth-order valence-electron chi connectivity index (χ4n) is 4.46. The number of para-hydroxylation sites is 1. The maximum atomic E-state index is 12.8. The summed E-state index contributed by atoms with van der Waals surface area (Å²) in [6.45, 7) is 6.16. The number of hydrogen-bond acceptors (Lipinski definition) is 3. The molecule has 148 valence electrons. The molecule has 7 nitrogen and oxygen atoms in total. The molecule has 0 radical (unpaired) electrons.